The fraction of sp³-hybridized carbons (Fsp3) is 1.00. The largest absolute Gasteiger partial charge is 0.391 e. The molecular formula is C7H14ClNOS. The Kier molecular flexibility index (Phi) is 3.09. The van der Waals surface area contributed by atoms with Gasteiger partial charge in [-0.05, 0) is 25.1 Å². The van der Waals surface area contributed by atoms with Gasteiger partial charge < -0.3 is 10.4 Å². The molecule has 2 saturated heterocycles. The molecule has 2 rings (SSSR count). The van der Waals surface area contributed by atoms with Crippen molar-refractivity contribution in [2.24, 2.45) is 0 Å². The van der Waals surface area contributed by atoms with E-state index in [0.717, 1.165) is 25.1 Å². The molecule has 2 nitrogen and oxygen atoms in total. The van der Waals surface area contributed by atoms with Crippen molar-refractivity contribution < 1.29 is 5.11 Å². The predicted molar refractivity (Wildman–Crippen MR) is 50.5 cm³/mol. The second-order valence-corrected chi connectivity index (χ2v) is 4.30. The quantitative estimate of drug-likeness (QED) is 0.595. The first-order chi connectivity index (χ1) is 4.83. The van der Waals surface area contributed by atoms with Crippen molar-refractivity contribution in [3.63, 3.8) is 0 Å². The lowest BCUT2D eigenvalue weighted by Crippen LogP contribution is -2.47. The molecular weight excluding hydrogens is 182 g/mol. The highest BCUT2D eigenvalue weighted by atomic mass is 35.5. The number of hydrogen-bond acceptors (Lipinski definition) is 3. The zero-order chi connectivity index (χ0) is 7.03. The molecule has 0 saturated carbocycles. The van der Waals surface area contributed by atoms with Crippen molar-refractivity contribution in [1.29, 1.82) is 0 Å². The number of thioether (sulfide) groups is 1. The minimum absolute atomic E-state index is 0. The summed E-state index contributed by atoms with van der Waals surface area (Å²) in [5.74, 6) is 2.32. The Morgan fingerprint density at radius 2 is 2.36 bits per heavy atom. The Balaban J connectivity index is 0.000000605. The number of hydrogen-bond donors (Lipinski definition) is 2. The average Bonchev–Trinajstić information content (AvgIpc) is 2.48. The summed E-state index contributed by atoms with van der Waals surface area (Å²) in [7, 11) is 0. The summed E-state index contributed by atoms with van der Waals surface area (Å²) in [5.41, 5.74) is 0.116. The van der Waals surface area contributed by atoms with Gasteiger partial charge in [0.1, 0.15) is 0 Å². The van der Waals surface area contributed by atoms with Crippen LogP contribution in [0.3, 0.4) is 0 Å². The zero-order valence-electron chi connectivity index (χ0n) is 6.38. The minimum atomic E-state index is -0.0810. The molecule has 2 atom stereocenters. The monoisotopic (exact) mass is 195 g/mol. The molecule has 0 aromatic rings. The molecule has 2 aliphatic rings. The van der Waals surface area contributed by atoms with Gasteiger partial charge >= 0.3 is 0 Å². The zero-order valence-corrected chi connectivity index (χ0v) is 8.01. The SMILES string of the molecule is Cl.OC1CCNC12CCSC2. The summed E-state index contributed by atoms with van der Waals surface area (Å²) in [6, 6.07) is 0. The lowest BCUT2D eigenvalue weighted by Gasteiger charge is -2.26. The molecule has 66 valence electrons. The molecule has 2 N–H and O–H groups in total. The van der Waals surface area contributed by atoms with E-state index in [-0.39, 0.29) is 24.0 Å². The molecule has 0 aromatic carbocycles. The molecule has 2 aliphatic heterocycles. The van der Waals surface area contributed by atoms with Crippen LogP contribution >= 0.6 is 24.2 Å². The van der Waals surface area contributed by atoms with Gasteiger partial charge in [-0.3, -0.25) is 0 Å². The van der Waals surface area contributed by atoms with Gasteiger partial charge in [0.2, 0.25) is 0 Å². The first-order valence-electron chi connectivity index (χ1n) is 3.84. The van der Waals surface area contributed by atoms with E-state index < -0.39 is 0 Å². The summed E-state index contributed by atoms with van der Waals surface area (Å²) in [4.78, 5) is 0. The third kappa shape index (κ3) is 1.52. The number of rotatable bonds is 0. The van der Waals surface area contributed by atoms with E-state index in [1.807, 2.05) is 11.8 Å². The molecule has 0 radical (unpaired) electrons. The topological polar surface area (TPSA) is 32.3 Å². The van der Waals surface area contributed by atoms with E-state index in [0.29, 0.717) is 0 Å². The highest BCUT2D eigenvalue weighted by Gasteiger charge is 2.43. The van der Waals surface area contributed by atoms with Crippen molar-refractivity contribution in [1.82, 2.24) is 5.32 Å². The highest BCUT2D eigenvalue weighted by molar-refractivity contribution is 7.99. The lowest BCUT2D eigenvalue weighted by molar-refractivity contribution is 0.112. The molecule has 0 bridgehead atoms. The van der Waals surface area contributed by atoms with Gasteiger partial charge in [0.25, 0.3) is 0 Å². The third-order valence-corrected chi connectivity index (χ3v) is 3.80. The van der Waals surface area contributed by atoms with E-state index >= 15 is 0 Å². The first-order valence-corrected chi connectivity index (χ1v) is 5.00. The summed E-state index contributed by atoms with van der Waals surface area (Å²) < 4.78 is 0. The number of aliphatic hydroxyl groups is 1. The molecule has 0 aromatic heterocycles. The van der Waals surface area contributed by atoms with Crippen molar-refractivity contribution >= 4 is 24.2 Å². The first kappa shape index (κ1) is 9.65. The second-order valence-electron chi connectivity index (χ2n) is 3.19. The van der Waals surface area contributed by atoms with E-state index in [4.69, 9.17) is 0 Å². The van der Waals surface area contributed by atoms with Crippen molar-refractivity contribution in [3.05, 3.63) is 0 Å². The van der Waals surface area contributed by atoms with Gasteiger partial charge in [-0.15, -0.1) is 12.4 Å². The van der Waals surface area contributed by atoms with Crippen LogP contribution in [0, 0.1) is 0 Å². The van der Waals surface area contributed by atoms with Gasteiger partial charge in [0, 0.05) is 5.75 Å². The maximum absolute atomic E-state index is 9.60. The van der Waals surface area contributed by atoms with E-state index in [9.17, 15) is 5.11 Å². The number of nitrogens with one attached hydrogen (secondary N) is 1. The minimum Gasteiger partial charge on any atom is -0.391 e. The lowest BCUT2D eigenvalue weighted by atomic mass is 9.94. The summed E-state index contributed by atoms with van der Waals surface area (Å²) in [5, 5.41) is 13.0. The summed E-state index contributed by atoms with van der Waals surface area (Å²) in [6.45, 7) is 1.00. The Morgan fingerprint density at radius 3 is 2.82 bits per heavy atom. The maximum Gasteiger partial charge on any atom is 0.0742 e. The van der Waals surface area contributed by atoms with Crippen LogP contribution in [-0.4, -0.2) is 34.8 Å². The van der Waals surface area contributed by atoms with Gasteiger partial charge in [-0.25, -0.2) is 0 Å². The standard InChI is InChI=1S/C7H13NOS.ClH/c9-6-1-3-8-7(6)2-4-10-5-7;/h6,8-9H,1-5H2;1H. The molecule has 2 unspecified atom stereocenters. The van der Waals surface area contributed by atoms with Crippen molar-refractivity contribution in [2.45, 2.75) is 24.5 Å². The van der Waals surface area contributed by atoms with Crippen LogP contribution in [0.2, 0.25) is 0 Å². The van der Waals surface area contributed by atoms with Crippen molar-refractivity contribution in [3.8, 4) is 0 Å². The van der Waals surface area contributed by atoms with Crippen LogP contribution in [0.15, 0.2) is 0 Å². The fourth-order valence-corrected chi connectivity index (χ4v) is 3.29. The Morgan fingerprint density at radius 1 is 1.55 bits per heavy atom. The Labute approximate surface area is 77.5 Å². The van der Waals surface area contributed by atoms with E-state index in [1.165, 1.54) is 5.75 Å². The van der Waals surface area contributed by atoms with Crippen LogP contribution in [0.25, 0.3) is 0 Å². The van der Waals surface area contributed by atoms with Gasteiger partial charge in [0.05, 0.1) is 11.6 Å². The molecule has 2 fully saturated rings. The smallest absolute Gasteiger partial charge is 0.0742 e. The normalized spacial score (nSPS) is 42.8. The second kappa shape index (κ2) is 3.52. The maximum atomic E-state index is 9.60. The van der Waals surface area contributed by atoms with Crippen LogP contribution in [0.4, 0.5) is 0 Å². The van der Waals surface area contributed by atoms with E-state index in [2.05, 4.69) is 5.32 Å². The van der Waals surface area contributed by atoms with Crippen LogP contribution in [0.1, 0.15) is 12.8 Å². The molecule has 0 amide bonds. The van der Waals surface area contributed by atoms with Crippen molar-refractivity contribution in [2.75, 3.05) is 18.1 Å². The third-order valence-electron chi connectivity index (χ3n) is 2.58. The van der Waals surface area contributed by atoms with Gasteiger partial charge in [0.15, 0.2) is 0 Å². The molecule has 11 heavy (non-hydrogen) atoms. The highest BCUT2D eigenvalue weighted by Crippen LogP contribution is 2.34. The van der Waals surface area contributed by atoms with Crippen LogP contribution in [-0.2, 0) is 0 Å². The van der Waals surface area contributed by atoms with Crippen LogP contribution in [0.5, 0.6) is 0 Å². The number of halogens is 1. The molecule has 0 aliphatic carbocycles. The van der Waals surface area contributed by atoms with Gasteiger partial charge in [-0.2, -0.15) is 11.8 Å². The molecule has 1 spiro atoms. The summed E-state index contributed by atoms with van der Waals surface area (Å²) >= 11 is 1.95. The van der Waals surface area contributed by atoms with Crippen LogP contribution < -0.4 is 5.32 Å². The predicted octanol–water partition coefficient (Wildman–Crippen LogP) is 0.638. The summed E-state index contributed by atoms with van der Waals surface area (Å²) in [6.07, 6.45) is 2.02. The fourth-order valence-electron chi connectivity index (χ4n) is 1.83. The number of aliphatic hydroxyl groups excluding tert-OH is 1. The van der Waals surface area contributed by atoms with E-state index in [1.54, 1.807) is 0 Å². The average molecular weight is 196 g/mol. The Hall–Kier alpha value is 0.560. The molecule has 4 heteroatoms. The van der Waals surface area contributed by atoms with Gasteiger partial charge in [-0.1, -0.05) is 0 Å². The Bertz CT molecular complexity index is 133. The molecule has 2 heterocycles.